The number of phenolic OH excluding ortho intramolecular Hbond substituents is 1. The number of aliphatic carboxylic acids is 1. The molecule has 1 fully saturated rings. The van der Waals surface area contributed by atoms with Crippen LogP contribution in [0.1, 0.15) is 18.0 Å². The summed E-state index contributed by atoms with van der Waals surface area (Å²) in [7, 11) is 0. The quantitative estimate of drug-likeness (QED) is 0.652. The number of carbonyl (C=O) groups is 1. The van der Waals surface area contributed by atoms with Crippen LogP contribution >= 0.6 is 0 Å². The van der Waals surface area contributed by atoms with Crippen LogP contribution < -0.4 is 5.32 Å². The Bertz CT molecular complexity index is 358. The lowest BCUT2D eigenvalue weighted by Gasteiger charge is -2.34. The average molecular weight is 193 g/mol. The number of phenols is 1. The molecule has 2 unspecified atom stereocenters. The Morgan fingerprint density at radius 2 is 2.21 bits per heavy atom. The summed E-state index contributed by atoms with van der Waals surface area (Å²) in [5.41, 5.74) is 0.933. The maximum absolute atomic E-state index is 10.5. The maximum atomic E-state index is 10.5. The molecule has 4 nitrogen and oxygen atoms in total. The van der Waals surface area contributed by atoms with Gasteiger partial charge in [0.25, 0.3) is 0 Å². The van der Waals surface area contributed by atoms with E-state index in [2.05, 4.69) is 5.32 Å². The highest BCUT2D eigenvalue weighted by Crippen LogP contribution is 2.29. The predicted octanol–water partition coefficient (Wildman–Crippen LogP) is 0.880. The van der Waals surface area contributed by atoms with Crippen molar-refractivity contribution in [3.8, 4) is 5.75 Å². The number of carboxylic acid groups (broad SMARTS) is 1. The first-order valence-electron chi connectivity index (χ1n) is 4.44. The van der Waals surface area contributed by atoms with E-state index in [0.717, 1.165) is 5.56 Å². The zero-order valence-corrected chi connectivity index (χ0v) is 7.47. The normalized spacial score (nSPS) is 25.4. The van der Waals surface area contributed by atoms with Gasteiger partial charge in [0, 0.05) is 6.04 Å². The summed E-state index contributed by atoms with van der Waals surface area (Å²) in [6.07, 6.45) is 0.582. The van der Waals surface area contributed by atoms with Gasteiger partial charge in [-0.05, 0) is 24.1 Å². The van der Waals surface area contributed by atoms with Gasteiger partial charge in [0.2, 0.25) is 0 Å². The molecule has 0 radical (unpaired) electrons. The third-order valence-electron chi connectivity index (χ3n) is 2.44. The Kier molecular flexibility index (Phi) is 2.13. The largest absolute Gasteiger partial charge is 0.508 e. The molecule has 14 heavy (non-hydrogen) atoms. The first kappa shape index (κ1) is 9.02. The van der Waals surface area contributed by atoms with Gasteiger partial charge in [-0.15, -0.1) is 0 Å². The van der Waals surface area contributed by atoms with Crippen molar-refractivity contribution in [2.45, 2.75) is 18.5 Å². The Morgan fingerprint density at radius 1 is 1.50 bits per heavy atom. The first-order chi connectivity index (χ1) is 6.66. The fourth-order valence-corrected chi connectivity index (χ4v) is 1.60. The minimum absolute atomic E-state index is 0.0585. The molecule has 0 spiro atoms. The highest BCUT2D eigenvalue weighted by Gasteiger charge is 2.34. The molecule has 1 aliphatic heterocycles. The van der Waals surface area contributed by atoms with Gasteiger partial charge in [0.05, 0.1) is 0 Å². The Morgan fingerprint density at radius 3 is 2.79 bits per heavy atom. The van der Waals surface area contributed by atoms with Crippen LogP contribution in [0.3, 0.4) is 0 Å². The standard InChI is InChI=1S/C10H11NO3/c12-7-3-1-2-6(4-7)8-5-9(11-8)10(13)14/h1-4,8-9,11-12H,5H2,(H,13,14). The van der Waals surface area contributed by atoms with E-state index in [1.54, 1.807) is 18.2 Å². The molecule has 1 aromatic rings. The Labute approximate surface area is 81.2 Å². The van der Waals surface area contributed by atoms with Crippen molar-refractivity contribution >= 4 is 5.97 Å². The third-order valence-corrected chi connectivity index (χ3v) is 2.44. The Balaban J connectivity index is 2.03. The third kappa shape index (κ3) is 1.56. The van der Waals surface area contributed by atoms with Crippen molar-refractivity contribution in [1.29, 1.82) is 0 Å². The van der Waals surface area contributed by atoms with Crippen LogP contribution in [0.25, 0.3) is 0 Å². The second kappa shape index (κ2) is 3.31. The molecule has 1 saturated heterocycles. The summed E-state index contributed by atoms with van der Waals surface area (Å²) in [6, 6.07) is 6.48. The molecular weight excluding hydrogens is 182 g/mol. The topological polar surface area (TPSA) is 69.6 Å². The van der Waals surface area contributed by atoms with Gasteiger partial charge in [-0.2, -0.15) is 0 Å². The summed E-state index contributed by atoms with van der Waals surface area (Å²) >= 11 is 0. The van der Waals surface area contributed by atoms with Crippen LogP contribution in [-0.4, -0.2) is 22.2 Å². The number of benzene rings is 1. The predicted molar refractivity (Wildman–Crippen MR) is 50.0 cm³/mol. The van der Waals surface area contributed by atoms with Crippen LogP contribution in [-0.2, 0) is 4.79 Å². The molecule has 0 aliphatic carbocycles. The molecule has 0 bridgehead atoms. The van der Waals surface area contributed by atoms with Crippen LogP contribution in [0.4, 0.5) is 0 Å². The highest BCUT2D eigenvalue weighted by molar-refractivity contribution is 5.75. The number of hydrogen-bond acceptors (Lipinski definition) is 3. The van der Waals surface area contributed by atoms with E-state index in [1.165, 1.54) is 0 Å². The van der Waals surface area contributed by atoms with Crippen molar-refractivity contribution in [1.82, 2.24) is 5.32 Å². The lowest BCUT2D eigenvalue weighted by Crippen LogP contribution is -2.50. The molecule has 2 atom stereocenters. The lowest BCUT2D eigenvalue weighted by atomic mass is 9.91. The molecule has 4 heteroatoms. The monoisotopic (exact) mass is 193 g/mol. The average Bonchev–Trinajstić information content (AvgIpc) is 2.00. The fraction of sp³-hybridized carbons (Fsp3) is 0.300. The van der Waals surface area contributed by atoms with Crippen molar-refractivity contribution in [3.63, 3.8) is 0 Å². The van der Waals surface area contributed by atoms with E-state index >= 15 is 0 Å². The SMILES string of the molecule is O=C(O)C1CC(c2cccc(O)c2)N1. The number of rotatable bonds is 2. The van der Waals surface area contributed by atoms with Crippen LogP contribution in [0.5, 0.6) is 5.75 Å². The zero-order valence-electron chi connectivity index (χ0n) is 7.47. The van der Waals surface area contributed by atoms with E-state index in [1.807, 2.05) is 6.07 Å². The molecule has 74 valence electrons. The molecular formula is C10H11NO3. The van der Waals surface area contributed by atoms with Gasteiger partial charge in [0.15, 0.2) is 0 Å². The van der Waals surface area contributed by atoms with Gasteiger partial charge in [-0.25, -0.2) is 0 Å². The first-order valence-corrected chi connectivity index (χ1v) is 4.44. The summed E-state index contributed by atoms with van der Waals surface area (Å²) < 4.78 is 0. The molecule has 0 aromatic heterocycles. The van der Waals surface area contributed by atoms with Crippen LogP contribution in [0.2, 0.25) is 0 Å². The highest BCUT2D eigenvalue weighted by atomic mass is 16.4. The number of nitrogens with one attached hydrogen (secondary N) is 1. The summed E-state index contributed by atoms with van der Waals surface area (Å²) in [6.45, 7) is 0. The van der Waals surface area contributed by atoms with Gasteiger partial charge in [0.1, 0.15) is 11.8 Å². The fourth-order valence-electron chi connectivity index (χ4n) is 1.60. The zero-order chi connectivity index (χ0) is 10.1. The molecule has 1 heterocycles. The minimum Gasteiger partial charge on any atom is -0.508 e. The van der Waals surface area contributed by atoms with E-state index in [0.29, 0.717) is 6.42 Å². The molecule has 1 aliphatic rings. The lowest BCUT2D eigenvalue weighted by molar-refractivity contribution is -0.142. The van der Waals surface area contributed by atoms with Crippen molar-refractivity contribution in [2.24, 2.45) is 0 Å². The Hall–Kier alpha value is -1.55. The number of carboxylic acids is 1. The number of aromatic hydroxyl groups is 1. The van der Waals surface area contributed by atoms with Gasteiger partial charge >= 0.3 is 5.97 Å². The molecule has 0 amide bonds. The van der Waals surface area contributed by atoms with E-state index in [9.17, 15) is 9.90 Å². The van der Waals surface area contributed by atoms with Crippen molar-refractivity contribution in [3.05, 3.63) is 29.8 Å². The summed E-state index contributed by atoms with van der Waals surface area (Å²) in [5.74, 6) is -0.607. The van der Waals surface area contributed by atoms with Crippen molar-refractivity contribution < 1.29 is 15.0 Å². The van der Waals surface area contributed by atoms with Crippen LogP contribution in [0, 0.1) is 0 Å². The van der Waals surface area contributed by atoms with E-state index in [4.69, 9.17) is 5.11 Å². The summed E-state index contributed by atoms with van der Waals surface area (Å²) in [5, 5.41) is 20.8. The summed E-state index contributed by atoms with van der Waals surface area (Å²) in [4.78, 5) is 10.5. The maximum Gasteiger partial charge on any atom is 0.320 e. The van der Waals surface area contributed by atoms with E-state index < -0.39 is 12.0 Å². The van der Waals surface area contributed by atoms with Crippen LogP contribution in [0.15, 0.2) is 24.3 Å². The second-order valence-electron chi connectivity index (χ2n) is 3.44. The van der Waals surface area contributed by atoms with E-state index in [-0.39, 0.29) is 11.8 Å². The molecule has 2 rings (SSSR count). The minimum atomic E-state index is -0.818. The van der Waals surface area contributed by atoms with Gasteiger partial charge in [-0.1, -0.05) is 12.1 Å². The van der Waals surface area contributed by atoms with Gasteiger partial charge < -0.3 is 10.2 Å². The van der Waals surface area contributed by atoms with Crippen molar-refractivity contribution in [2.75, 3.05) is 0 Å². The number of hydrogen-bond donors (Lipinski definition) is 3. The molecule has 0 saturated carbocycles. The van der Waals surface area contributed by atoms with Gasteiger partial charge in [-0.3, -0.25) is 10.1 Å². The molecule has 1 aromatic carbocycles. The smallest absolute Gasteiger partial charge is 0.320 e. The molecule has 3 N–H and O–H groups in total. The second-order valence-corrected chi connectivity index (χ2v) is 3.44.